The van der Waals surface area contributed by atoms with Crippen molar-refractivity contribution in [2.75, 3.05) is 0 Å². The summed E-state index contributed by atoms with van der Waals surface area (Å²) in [6.45, 7) is 20.5. The third-order valence-electron chi connectivity index (χ3n) is 6.99. The van der Waals surface area contributed by atoms with E-state index < -0.39 is 22.7 Å². The summed E-state index contributed by atoms with van der Waals surface area (Å²) < 4.78 is 19.5. The van der Waals surface area contributed by atoms with Gasteiger partial charge in [0.25, 0.3) is 0 Å². The van der Waals surface area contributed by atoms with Crippen LogP contribution in [0.25, 0.3) is 0 Å². The van der Waals surface area contributed by atoms with Crippen molar-refractivity contribution in [2.24, 2.45) is 0 Å². The molecule has 0 aliphatic heterocycles. The smallest absolute Gasteiger partial charge is 0.192 e. The van der Waals surface area contributed by atoms with Gasteiger partial charge in [-0.05, 0) is 55.2 Å². The molecule has 0 spiro atoms. The number of carbonyl (C=O) groups excluding carboxylic acids is 1. The first-order valence-corrected chi connectivity index (χ1v) is 17.3. The minimum Gasteiger partial charge on any atom is -0.414 e. The number of benzene rings is 1. The Morgan fingerprint density at radius 3 is 1.97 bits per heavy atom. The molecule has 0 fully saturated rings. The van der Waals surface area contributed by atoms with E-state index in [1.807, 2.05) is 30.3 Å². The van der Waals surface area contributed by atoms with Gasteiger partial charge in [0, 0.05) is 6.10 Å². The quantitative estimate of drug-likeness (QED) is 0.219. The van der Waals surface area contributed by atoms with Gasteiger partial charge in [0.05, 0.1) is 12.7 Å². The lowest BCUT2D eigenvalue weighted by Crippen LogP contribution is -2.48. The van der Waals surface area contributed by atoms with E-state index in [1.165, 1.54) is 0 Å². The number of aldehydes is 1. The summed E-state index contributed by atoms with van der Waals surface area (Å²) in [5, 5.41) is 0.139. The molecule has 6 heteroatoms. The summed E-state index contributed by atoms with van der Waals surface area (Å²) in [7, 11) is -3.82. The molecule has 0 heterocycles. The first-order valence-electron chi connectivity index (χ1n) is 11.9. The molecule has 0 amide bonds. The lowest BCUT2D eigenvalue weighted by atomic mass is 10.1. The highest BCUT2D eigenvalue weighted by molar-refractivity contribution is 6.74. The van der Waals surface area contributed by atoms with E-state index in [2.05, 4.69) is 61.6 Å². The monoisotopic (exact) mass is 466 g/mol. The highest BCUT2D eigenvalue weighted by atomic mass is 28.4. The van der Waals surface area contributed by atoms with Gasteiger partial charge in [-0.25, -0.2) is 0 Å². The largest absolute Gasteiger partial charge is 0.414 e. The van der Waals surface area contributed by atoms with Crippen LogP contribution in [-0.4, -0.2) is 41.2 Å². The Balaban J connectivity index is 3.04. The molecule has 0 radical (unpaired) electrons. The van der Waals surface area contributed by atoms with Crippen molar-refractivity contribution < 1.29 is 18.4 Å². The molecule has 1 rings (SSSR count). The molecule has 0 aliphatic carbocycles. The second-order valence-electron chi connectivity index (χ2n) is 10.2. The predicted molar refractivity (Wildman–Crippen MR) is 136 cm³/mol. The van der Waals surface area contributed by atoms with Crippen molar-refractivity contribution in [1.82, 2.24) is 0 Å². The van der Waals surface area contributed by atoms with Gasteiger partial charge < -0.3 is 18.4 Å². The van der Waals surface area contributed by atoms with E-state index in [1.54, 1.807) is 0 Å². The van der Waals surface area contributed by atoms with Crippen LogP contribution in [0.5, 0.6) is 0 Å². The molecule has 0 unspecified atom stereocenters. The molecule has 1 aromatic carbocycles. The van der Waals surface area contributed by atoms with Crippen LogP contribution in [-0.2, 0) is 25.0 Å². The fourth-order valence-electron chi connectivity index (χ4n) is 3.63. The molecule has 4 nitrogen and oxygen atoms in total. The SMILES string of the molecule is CC[Si](CC)(CC)O[C@H](C[C@@H](C)O[Si](C)(C)C(C)(C)C)[C@H](C=O)OCc1ccccc1. The first kappa shape index (κ1) is 28.2. The van der Waals surface area contributed by atoms with Crippen molar-refractivity contribution in [3.63, 3.8) is 0 Å². The van der Waals surface area contributed by atoms with Gasteiger partial charge in [0.2, 0.25) is 0 Å². The molecule has 0 bridgehead atoms. The van der Waals surface area contributed by atoms with Gasteiger partial charge >= 0.3 is 0 Å². The van der Waals surface area contributed by atoms with Crippen LogP contribution in [0.2, 0.25) is 36.3 Å². The molecule has 31 heavy (non-hydrogen) atoms. The van der Waals surface area contributed by atoms with Gasteiger partial charge in [0.15, 0.2) is 22.9 Å². The maximum atomic E-state index is 12.1. The van der Waals surface area contributed by atoms with Crippen LogP contribution < -0.4 is 0 Å². The van der Waals surface area contributed by atoms with Crippen molar-refractivity contribution in [2.45, 2.75) is 116 Å². The van der Waals surface area contributed by atoms with Crippen molar-refractivity contribution in [3.8, 4) is 0 Å². The third kappa shape index (κ3) is 8.57. The molecule has 3 atom stereocenters. The standard InChI is InChI=1S/C25H46O4Si2/c1-10-31(11-2,12-3)29-23(18-21(4)28-30(8,9)25(5,6)7)24(19-26)27-20-22-16-14-13-15-17-22/h13-17,19,21,23-24H,10-12,18,20H2,1-9H3/t21-,23-,24+/m1/s1. The summed E-state index contributed by atoms with van der Waals surface area (Å²) in [5.74, 6) is 0. The molecule has 0 saturated heterocycles. The van der Waals surface area contributed by atoms with Gasteiger partial charge in [-0.15, -0.1) is 0 Å². The molecule has 0 N–H and O–H groups in total. The zero-order valence-electron chi connectivity index (χ0n) is 21.4. The lowest BCUT2D eigenvalue weighted by molar-refractivity contribution is -0.127. The minimum atomic E-state index is -1.91. The molecular formula is C25H46O4Si2. The van der Waals surface area contributed by atoms with Crippen LogP contribution >= 0.6 is 0 Å². The normalized spacial score (nSPS) is 16.0. The van der Waals surface area contributed by atoms with Gasteiger partial charge in [-0.1, -0.05) is 71.9 Å². The summed E-state index contributed by atoms with van der Waals surface area (Å²) in [6, 6.07) is 13.1. The molecule has 178 valence electrons. The lowest BCUT2D eigenvalue weighted by Gasteiger charge is -2.41. The van der Waals surface area contributed by atoms with Crippen LogP contribution in [0.1, 0.15) is 60.5 Å². The van der Waals surface area contributed by atoms with Crippen LogP contribution in [0.15, 0.2) is 30.3 Å². The molecule has 0 saturated carbocycles. The second-order valence-corrected chi connectivity index (χ2v) is 19.7. The highest BCUT2D eigenvalue weighted by Gasteiger charge is 2.40. The Kier molecular flexibility index (Phi) is 11.3. The minimum absolute atomic E-state index is 0.00550. The Morgan fingerprint density at radius 1 is 0.968 bits per heavy atom. The van der Waals surface area contributed by atoms with Crippen LogP contribution in [0.4, 0.5) is 0 Å². The maximum Gasteiger partial charge on any atom is 0.192 e. The number of carbonyl (C=O) groups is 1. The Morgan fingerprint density at radius 2 is 1.52 bits per heavy atom. The van der Waals surface area contributed by atoms with Crippen LogP contribution in [0.3, 0.4) is 0 Å². The topological polar surface area (TPSA) is 44.8 Å². The Hall–Kier alpha value is -0.796. The average molecular weight is 467 g/mol. The zero-order valence-corrected chi connectivity index (χ0v) is 23.4. The van der Waals surface area contributed by atoms with Gasteiger partial charge in [-0.3, -0.25) is 0 Å². The molecule has 0 aromatic heterocycles. The molecule has 1 aromatic rings. The number of hydrogen-bond donors (Lipinski definition) is 0. The fourth-order valence-corrected chi connectivity index (χ4v) is 7.95. The number of hydrogen-bond acceptors (Lipinski definition) is 4. The summed E-state index contributed by atoms with van der Waals surface area (Å²) in [5.41, 5.74) is 1.06. The first-order chi connectivity index (χ1) is 14.4. The van der Waals surface area contributed by atoms with Crippen LogP contribution in [0, 0.1) is 0 Å². The zero-order chi connectivity index (χ0) is 23.7. The summed E-state index contributed by atoms with van der Waals surface area (Å²) in [4.78, 5) is 12.1. The van der Waals surface area contributed by atoms with Gasteiger partial charge in [-0.2, -0.15) is 0 Å². The Labute approximate surface area is 193 Å². The second kappa shape index (κ2) is 12.4. The molecular weight excluding hydrogens is 420 g/mol. The summed E-state index contributed by atoms with van der Waals surface area (Å²) >= 11 is 0. The van der Waals surface area contributed by atoms with E-state index in [-0.39, 0.29) is 17.2 Å². The number of ether oxygens (including phenoxy) is 1. The Bertz CT molecular complexity index is 630. The third-order valence-corrected chi connectivity index (χ3v) is 16.3. The van der Waals surface area contributed by atoms with Crippen molar-refractivity contribution >= 4 is 22.9 Å². The van der Waals surface area contributed by atoms with E-state index in [0.29, 0.717) is 13.0 Å². The number of rotatable bonds is 14. The van der Waals surface area contributed by atoms with Crippen molar-refractivity contribution in [3.05, 3.63) is 35.9 Å². The average Bonchev–Trinajstić information content (AvgIpc) is 2.71. The molecule has 0 aliphatic rings. The van der Waals surface area contributed by atoms with Gasteiger partial charge in [0.1, 0.15) is 6.10 Å². The van der Waals surface area contributed by atoms with E-state index in [4.69, 9.17) is 13.6 Å². The highest BCUT2D eigenvalue weighted by Crippen LogP contribution is 2.38. The van der Waals surface area contributed by atoms with E-state index in [9.17, 15) is 4.79 Å². The summed E-state index contributed by atoms with van der Waals surface area (Å²) in [6.07, 6.45) is 0.715. The fraction of sp³-hybridized carbons (Fsp3) is 0.720. The maximum absolute atomic E-state index is 12.1. The van der Waals surface area contributed by atoms with E-state index in [0.717, 1.165) is 30.0 Å². The van der Waals surface area contributed by atoms with E-state index >= 15 is 0 Å². The van der Waals surface area contributed by atoms with Crippen molar-refractivity contribution in [1.29, 1.82) is 0 Å². The predicted octanol–water partition coefficient (Wildman–Crippen LogP) is 6.96.